The molecule has 0 saturated carbocycles. The molecule has 0 radical (unpaired) electrons. The van der Waals surface area contributed by atoms with E-state index >= 15 is 0 Å². The molecule has 0 amide bonds. The summed E-state index contributed by atoms with van der Waals surface area (Å²) in [4.78, 5) is 0.749. The number of benzene rings is 1. The van der Waals surface area contributed by atoms with Crippen LogP contribution in [0.4, 0.5) is 0 Å². The highest BCUT2D eigenvalue weighted by atomic mass is 32.2. The van der Waals surface area contributed by atoms with Gasteiger partial charge in [0.15, 0.2) is 11.0 Å². The van der Waals surface area contributed by atoms with Gasteiger partial charge in [-0.15, -0.1) is 0 Å². The van der Waals surface area contributed by atoms with E-state index in [9.17, 15) is 4.21 Å². The molecule has 0 spiro atoms. The molecule has 2 nitrogen and oxygen atoms in total. The Bertz CT molecular complexity index is 303. The van der Waals surface area contributed by atoms with Crippen molar-refractivity contribution in [3.63, 3.8) is 0 Å². The fourth-order valence-corrected chi connectivity index (χ4v) is 1.49. The van der Waals surface area contributed by atoms with Crippen LogP contribution >= 0.6 is 0 Å². The number of hydrogen-bond donors (Lipinski definition) is 0. The Morgan fingerprint density at radius 2 is 1.92 bits per heavy atom. The van der Waals surface area contributed by atoms with E-state index in [1.54, 1.807) is 13.1 Å². The van der Waals surface area contributed by atoms with E-state index in [-0.39, 0.29) is 0 Å². The summed E-state index contributed by atoms with van der Waals surface area (Å²) in [5, 5.41) is 0. The third-order valence-corrected chi connectivity index (χ3v) is 2.50. The molecule has 0 aliphatic carbocycles. The number of hydrogen-bond acceptors (Lipinski definition) is 1. The molecule has 64 valence electrons. The Labute approximate surface area is 74.9 Å². The van der Waals surface area contributed by atoms with Crippen LogP contribution in [0.25, 0.3) is 0 Å². The molecule has 1 rings (SSSR count). The van der Waals surface area contributed by atoms with E-state index in [1.807, 2.05) is 31.2 Å². The fourth-order valence-electron chi connectivity index (χ4n) is 0.811. The largest absolute Gasteiger partial charge is 0.230 e. The third kappa shape index (κ3) is 2.27. The molecule has 0 aliphatic heterocycles. The van der Waals surface area contributed by atoms with Gasteiger partial charge in [0, 0.05) is 6.21 Å². The number of nitrogens with zero attached hydrogens (tertiary/aromatic N) is 1. The van der Waals surface area contributed by atoms with Crippen molar-refractivity contribution in [2.24, 2.45) is 4.40 Å². The van der Waals surface area contributed by atoms with E-state index in [2.05, 4.69) is 4.40 Å². The molecule has 0 N–H and O–H groups in total. The lowest BCUT2D eigenvalue weighted by molar-refractivity contribution is 0.684. The normalized spacial score (nSPS) is 13.5. The lowest BCUT2D eigenvalue weighted by Gasteiger charge is -1.95. The molecule has 1 aromatic rings. The maximum atomic E-state index is 11.3. The Balaban J connectivity index is 2.90. The predicted octanol–water partition coefficient (Wildman–Crippen LogP) is 2.11. The molecular weight excluding hydrogens is 170 g/mol. The van der Waals surface area contributed by atoms with Crippen LogP contribution in [0.2, 0.25) is 0 Å². The summed E-state index contributed by atoms with van der Waals surface area (Å²) in [5.41, 5.74) is 1.16. The van der Waals surface area contributed by atoms with Crippen LogP contribution < -0.4 is 0 Å². The Morgan fingerprint density at radius 1 is 1.33 bits per heavy atom. The van der Waals surface area contributed by atoms with Gasteiger partial charge in [-0.1, -0.05) is 17.7 Å². The van der Waals surface area contributed by atoms with Crippen LogP contribution in [0.15, 0.2) is 33.6 Å². The third-order valence-electron chi connectivity index (χ3n) is 1.42. The molecular formula is C9H11NOS. The molecule has 0 fully saturated rings. The average molecular weight is 181 g/mol. The first kappa shape index (κ1) is 9.13. The molecule has 0 aliphatic rings. The fraction of sp³-hybridized carbons (Fsp3) is 0.222. The van der Waals surface area contributed by atoms with Gasteiger partial charge in [-0.2, -0.15) is 4.40 Å². The summed E-state index contributed by atoms with van der Waals surface area (Å²) in [6, 6.07) is 7.52. The molecule has 3 heteroatoms. The molecule has 0 aromatic heterocycles. The zero-order chi connectivity index (χ0) is 8.97. The van der Waals surface area contributed by atoms with Crippen molar-refractivity contribution >= 4 is 17.2 Å². The SMILES string of the molecule is C/C=N/S(=O)c1ccc(C)cc1. The summed E-state index contributed by atoms with van der Waals surface area (Å²) < 4.78 is 15.0. The molecule has 1 atom stereocenters. The number of rotatable bonds is 2. The predicted molar refractivity (Wildman–Crippen MR) is 51.8 cm³/mol. The topological polar surface area (TPSA) is 29.4 Å². The first-order valence-corrected chi connectivity index (χ1v) is 4.82. The van der Waals surface area contributed by atoms with Crippen LogP contribution in [-0.4, -0.2) is 10.4 Å². The van der Waals surface area contributed by atoms with Gasteiger partial charge in [-0.05, 0) is 26.0 Å². The summed E-state index contributed by atoms with van der Waals surface area (Å²) in [6.45, 7) is 3.75. The van der Waals surface area contributed by atoms with Crippen molar-refractivity contribution in [3.8, 4) is 0 Å². The maximum absolute atomic E-state index is 11.3. The molecule has 12 heavy (non-hydrogen) atoms. The van der Waals surface area contributed by atoms with Crippen molar-refractivity contribution in [3.05, 3.63) is 29.8 Å². The highest BCUT2D eigenvalue weighted by molar-refractivity contribution is 7.83. The average Bonchev–Trinajstić information content (AvgIpc) is 2.06. The van der Waals surface area contributed by atoms with E-state index in [1.165, 1.54) is 0 Å². The van der Waals surface area contributed by atoms with E-state index in [0.717, 1.165) is 10.5 Å². The summed E-state index contributed by atoms with van der Waals surface area (Å²) in [6.07, 6.45) is 1.55. The standard InChI is InChI=1S/C9H11NOS/c1-3-10-12(11)9-6-4-8(2)5-7-9/h3-7H,1-2H3/b10-3+. The second kappa shape index (κ2) is 4.16. The van der Waals surface area contributed by atoms with Crippen molar-refractivity contribution < 1.29 is 4.21 Å². The van der Waals surface area contributed by atoms with Gasteiger partial charge in [-0.25, -0.2) is 4.21 Å². The Morgan fingerprint density at radius 3 is 2.42 bits per heavy atom. The number of aryl methyl sites for hydroxylation is 1. The van der Waals surface area contributed by atoms with Gasteiger partial charge in [0.1, 0.15) is 0 Å². The quantitative estimate of drug-likeness (QED) is 0.642. The van der Waals surface area contributed by atoms with E-state index < -0.39 is 11.0 Å². The van der Waals surface area contributed by atoms with E-state index in [4.69, 9.17) is 0 Å². The molecule has 0 bridgehead atoms. The first-order chi connectivity index (χ1) is 5.74. The first-order valence-electron chi connectivity index (χ1n) is 3.71. The Kier molecular flexibility index (Phi) is 3.17. The van der Waals surface area contributed by atoms with Crippen molar-refractivity contribution in [1.82, 2.24) is 0 Å². The van der Waals surface area contributed by atoms with E-state index in [0.29, 0.717) is 0 Å². The van der Waals surface area contributed by atoms with Gasteiger partial charge in [0.05, 0.1) is 4.90 Å². The monoisotopic (exact) mass is 181 g/mol. The summed E-state index contributed by atoms with van der Waals surface area (Å²) in [7, 11) is -1.22. The van der Waals surface area contributed by atoms with Gasteiger partial charge in [-0.3, -0.25) is 0 Å². The second-order valence-corrected chi connectivity index (χ2v) is 3.61. The minimum absolute atomic E-state index is 0.749. The summed E-state index contributed by atoms with van der Waals surface area (Å²) >= 11 is 0. The van der Waals surface area contributed by atoms with Crippen LogP contribution in [0.5, 0.6) is 0 Å². The smallest absolute Gasteiger partial charge is 0.172 e. The Hall–Kier alpha value is -0.960. The van der Waals surface area contributed by atoms with Crippen molar-refractivity contribution in [1.29, 1.82) is 0 Å². The lowest BCUT2D eigenvalue weighted by Crippen LogP contribution is -1.86. The van der Waals surface area contributed by atoms with Crippen LogP contribution in [0.3, 0.4) is 0 Å². The molecule has 0 saturated heterocycles. The van der Waals surface area contributed by atoms with Crippen LogP contribution in [0.1, 0.15) is 12.5 Å². The zero-order valence-corrected chi connectivity index (χ0v) is 7.97. The van der Waals surface area contributed by atoms with Gasteiger partial charge >= 0.3 is 0 Å². The highest BCUT2D eigenvalue weighted by Crippen LogP contribution is 2.08. The molecule has 0 heterocycles. The minimum atomic E-state index is -1.22. The zero-order valence-electron chi connectivity index (χ0n) is 7.15. The van der Waals surface area contributed by atoms with Gasteiger partial charge < -0.3 is 0 Å². The molecule has 1 unspecified atom stereocenters. The maximum Gasteiger partial charge on any atom is 0.172 e. The lowest BCUT2D eigenvalue weighted by atomic mass is 10.2. The summed E-state index contributed by atoms with van der Waals surface area (Å²) in [5.74, 6) is 0. The van der Waals surface area contributed by atoms with Crippen molar-refractivity contribution in [2.45, 2.75) is 18.7 Å². The van der Waals surface area contributed by atoms with Gasteiger partial charge in [0.25, 0.3) is 0 Å². The highest BCUT2D eigenvalue weighted by Gasteiger charge is 1.98. The molecule has 1 aromatic carbocycles. The van der Waals surface area contributed by atoms with Crippen LogP contribution in [0, 0.1) is 6.92 Å². The minimum Gasteiger partial charge on any atom is -0.230 e. The van der Waals surface area contributed by atoms with Crippen molar-refractivity contribution in [2.75, 3.05) is 0 Å². The second-order valence-electron chi connectivity index (χ2n) is 2.43. The van der Waals surface area contributed by atoms with Gasteiger partial charge in [0.2, 0.25) is 0 Å². The van der Waals surface area contributed by atoms with Crippen LogP contribution in [-0.2, 0) is 11.0 Å².